The molecule has 3 N–H and O–H groups in total. The van der Waals surface area contributed by atoms with Gasteiger partial charge in [0.2, 0.25) is 0 Å². The minimum atomic E-state index is 0.403. The van der Waals surface area contributed by atoms with Crippen LogP contribution in [0.5, 0.6) is 0 Å². The zero-order valence-electron chi connectivity index (χ0n) is 9.26. The molecule has 0 fully saturated rings. The first-order chi connectivity index (χ1) is 7.19. The maximum absolute atomic E-state index is 5.55. The molecule has 4 heteroatoms. The maximum atomic E-state index is 5.55. The van der Waals surface area contributed by atoms with Gasteiger partial charge in [0.25, 0.3) is 0 Å². The molecule has 1 aromatic rings. The van der Waals surface area contributed by atoms with E-state index in [1.54, 1.807) is 0 Å². The Bertz CT molecular complexity index is 315. The van der Waals surface area contributed by atoms with E-state index < -0.39 is 0 Å². The molecule has 15 heavy (non-hydrogen) atoms. The van der Waals surface area contributed by atoms with Gasteiger partial charge >= 0.3 is 0 Å². The van der Waals surface area contributed by atoms with E-state index in [1.165, 1.54) is 5.56 Å². The fourth-order valence-electron chi connectivity index (χ4n) is 1.41. The third-order valence-corrected chi connectivity index (χ3v) is 3.43. The second-order valence-electron chi connectivity index (χ2n) is 3.62. The van der Waals surface area contributed by atoms with E-state index in [1.807, 2.05) is 12.3 Å². The van der Waals surface area contributed by atoms with Crippen molar-refractivity contribution in [2.45, 2.75) is 32.7 Å². The molecule has 0 radical (unpaired) electrons. The molecule has 0 aromatic carbocycles. The number of nitrogens with one attached hydrogen (secondary N) is 1. The van der Waals surface area contributed by atoms with Crippen molar-refractivity contribution in [3.63, 3.8) is 0 Å². The Balaban J connectivity index is 2.74. The first kappa shape index (κ1) is 12.5. The lowest BCUT2D eigenvalue weighted by molar-refractivity contribution is 0.639. The van der Waals surface area contributed by atoms with Crippen molar-refractivity contribution in [3.8, 4) is 0 Å². The summed E-state index contributed by atoms with van der Waals surface area (Å²) in [6.45, 7) is 4.91. The Morgan fingerprint density at radius 1 is 1.60 bits per heavy atom. The highest BCUT2D eigenvalue weighted by molar-refractivity contribution is 9.10. The number of nitrogens with zero attached hydrogens (tertiary/aromatic N) is 1. The van der Waals surface area contributed by atoms with E-state index in [9.17, 15) is 0 Å². The molecule has 0 saturated heterocycles. The Morgan fingerprint density at radius 3 is 2.93 bits per heavy atom. The van der Waals surface area contributed by atoms with Crippen LogP contribution >= 0.6 is 15.9 Å². The Labute approximate surface area is 99.6 Å². The van der Waals surface area contributed by atoms with Crippen LogP contribution in [0.2, 0.25) is 0 Å². The predicted octanol–water partition coefficient (Wildman–Crippen LogP) is 2.69. The lowest BCUT2D eigenvalue weighted by atomic mass is 10.1. The lowest BCUT2D eigenvalue weighted by Crippen LogP contribution is -2.23. The van der Waals surface area contributed by atoms with Crippen LogP contribution in [-0.2, 0) is 0 Å². The van der Waals surface area contributed by atoms with Crippen molar-refractivity contribution in [3.05, 3.63) is 22.3 Å². The molecule has 0 spiro atoms. The molecule has 0 bridgehead atoms. The summed E-state index contributed by atoms with van der Waals surface area (Å²) in [6, 6.07) is 2.39. The molecule has 84 valence electrons. The number of aromatic nitrogens is 1. The molecule has 1 heterocycles. The number of halogens is 1. The van der Waals surface area contributed by atoms with Crippen LogP contribution in [0.4, 0.5) is 5.82 Å². The van der Waals surface area contributed by atoms with Crippen molar-refractivity contribution in [2.24, 2.45) is 5.73 Å². The van der Waals surface area contributed by atoms with Crippen molar-refractivity contribution < 1.29 is 0 Å². The van der Waals surface area contributed by atoms with Crippen LogP contribution in [0.1, 0.15) is 25.3 Å². The van der Waals surface area contributed by atoms with Crippen LogP contribution in [0, 0.1) is 6.92 Å². The van der Waals surface area contributed by atoms with E-state index in [4.69, 9.17) is 5.73 Å². The van der Waals surface area contributed by atoms with Gasteiger partial charge in [-0.25, -0.2) is 4.98 Å². The van der Waals surface area contributed by atoms with Gasteiger partial charge in [-0.15, -0.1) is 0 Å². The molecule has 0 aliphatic rings. The zero-order chi connectivity index (χ0) is 11.3. The second kappa shape index (κ2) is 6.08. The van der Waals surface area contributed by atoms with Gasteiger partial charge in [0.15, 0.2) is 0 Å². The van der Waals surface area contributed by atoms with Crippen LogP contribution in [0.3, 0.4) is 0 Å². The lowest BCUT2D eigenvalue weighted by Gasteiger charge is -2.18. The number of hydrogen-bond acceptors (Lipinski definition) is 3. The van der Waals surface area contributed by atoms with Gasteiger partial charge < -0.3 is 11.1 Å². The van der Waals surface area contributed by atoms with Crippen molar-refractivity contribution in [1.29, 1.82) is 0 Å². The molecule has 0 saturated carbocycles. The summed E-state index contributed by atoms with van der Waals surface area (Å²) < 4.78 is 1.04. The van der Waals surface area contributed by atoms with Crippen LogP contribution < -0.4 is 11.1 Å². The van der Waals surface area contributed by atoms with Gasteiger partial charge in [0, 0.05) is 12.2 Å². The Kier molecular flexibility index (Phi) is 5.05. The first-order valence-electron chi connectivity index (χ1n) is 5.26. The third kappa shape index (κ3) is 3.47. The number of pyridine rings is 1. The molecule has 0 aliphatic carbocycles. The van der Waals surface area contributed by atoms with Crippen LogP contribution in [-0.4, -0.2) is 17.6 Å². The number of anilines is 1. The fourth-order valence-corrected chi connectivity index (χ4v) is 1.76. The minimum Gasteiger partial charge on any atom is -0.366 e. The Hall–Kier alpha value is -0.610. The summed E-state index contributed by atoms with van der Waals surface area (Å²) in [4.78, 5) is 4.31. The predicted molar refractivity (Wildman–Crippen MR) is 68.0 cm³/mol. The molecule has 1 rings (SSSR count). The van der Waals surface area contributed by atoms with Gasteiger partial charge in [0.05, 0.1) is 4.47 Å². The number of rotatable bonds is 5. The fraction of sp³-hybridized carbons (Fsp3) is 0.545. The summed E-state index contributed by atoms with van der Waals surface area (Å²) >= 11 is 3.53. The van der Waals surface area contributed by atoms with Gasteiger partial charge in [-0.1, -0.05) is 6.92 Å². The van der Waals surface area contributed by atoms with Crippen molar-refractivity contribution in [2.75, 3.05) is 11.9 Å². The van der Waals surface area contributed by atoms with Gasteiger partial charge in [-0.3, -0.25) is 0 Å². The smallest absolute Gasteiger partial charge is 0.140 e. The quantitative estimate of drug-likeness (QED) is 0.866. The van der Waals surface area contributed by atoms with Crippen LogP contribution in [0.25, 0.3) is 0 Å². The SMILES string of the molecule is CCC(CCN)Nc1nccc(C)c1Br. The summed E-state index contributed by atoms with van der Waals surface area (Å²) in [7, 11) is 0. The van der Waals surface area contributed by atoms with Crippen molar-refractivity contribution in [1.82, 2.24) is 4.98 Å². The molecule has 0 amide bonds. The molecule has 1 aromatic heterocycles. The topological polar surface area (TPSA) is 50.9 Å². The third-order valence-electron chi connectivity index (χ3n) is 2.43. The highest BCUT2D eigenvalue weighted by Gasteiger charge is 2.09. The standard InChI is InChI=1S/C11H18BrN3/c1-3-9(4-6-13)15-11-10(12)8(2)5-7-14-11/h5,7,9H,3-4,6,13H2,1-2H3,(H,14,15). The van der Waals surface area contributed by atoms with Gasteiger partial charge in [-0.05, 0) is 53.9 Å². The van der Waals surface area contributed by atoms with Crippen LogP contribution in [0.15, 0.2) is 16.7 Å². The zero-order valence-corrected chi connectivity index (χ0v) is 10.8. The Morgan fingerprint density at radius 2 is 2.33 bits per heavy atom. The first-order valence-corrected chi connectivity index (χ1v) is 6.06. The molecular weight excluding hydrogens is 254 g/mol. The van der Waals surface area contributed by atoms with E-state index in [-0.39, 0.29) is 0 Å². The average molecular weight is 272 g/mol. The highest BCUT2D eigenvalue weighted by Crippen LogP contribution is 2.24. The molecule has 1 atom stereocenters. The van der Waals surface area contributed by atoms with E-state index in [0.29, 0.717) is 12.6 Å². The number of aryl methyl sites for hydroxylation is 1. The largest absolute Gasteiger partial charge is 0.366 e. The van der Waals surface area contributed by atoms with Gasteiger partial charge in [-0.2, -0.15) is 0 Å². The van der Waals surface area contributed by atoms with Crippen molar-refractivity contribution >= 4 is 21.7 Å². The number of hydrogen-bond donors (Lipinski definition) is 2. The summed E-state index contributed by atoms with van der Waals surface area (Å²) in [5, 5.41) is 3.40. The monoisotopic (exact) mass is 271 g/mol. The van der Waals surface area contributed by atoms with E-state index >= 15 is 0 Å². The second-order valence-corrected chi connectivity index (χ2v) is 4.41. The van der Waals surface area contributed by atoms with E-state index in [2.05, 4.69) is 40.1 Å². The normalized spacial score (nSPS) is 12.5. The minimum absolute atomic E-state index is 0.403. The highest BCUT2D eigenvalue weighted by atomic mass is 79.9. The maximum Gasteiger partial charge on any atom is 0.140 e. The molecule has 3 nitrogen and oxygen atoms in total. The molecule has 0 aliphatic heterocycles. The van der Waals surface area contributed by atoms with E-state index in [0.717, 1.165) is 23.1 Å². The van der Waals surface area contributed by atoms with Gasteiger partial charge in [0.1, 0.15) is 5.82 Å². The summed E-state index contributed by atoms with van der Waals surface area (Å²) in [5.41, 5.74) is 6.74. The summed E-state index contributed by atoms with van der Waals surface area (Å²) in [5.74, 6) is 0.912. The summed E-state index contributed by atoms with van der Waals surface area (Å²) in [6.07, 6.45) is 3.84. The number of nitrogens with two attached hydrogens (primary N) is 1. The molecular formula is C11H18BrN3. The average Bonchev–Trinajstić information content (AvgIpc) is 2.24. The molecule has 1 unspecified atom stereocenters.